The molecular weight excluding hydrogens is 214 g/mol. The van der Waals surface area contributed by atoms with E-state index < -0.39 is 0 Å². The van der Waals surface area contributed by atoms with Crippen LogP contribution >= 0.6 is 11.8 Å². The summed E-state index contributed by atoms with van der Waals surface area (Å²) in [5.41, 5.74) is 0. The SMILES string of the molecule is N#CC(Sc1ccccc1)C1CCCCC1. The minimum Gasteiger partial charge on any atom is -0.197 e. The highest BCUT2D eigenvalue weighted by Crippen LogP contribution is 2.35. The van der Waals surface area contributed by atoms with Crippen LogP contribution in [-0.4, -0.2) is 5.25 Å². The third kappa shape index (κ3) is 3.02. The van der Waals surface area contributed by atoms with E-state index in [0.29, 0.717) is 5.92 Å². The lowest BCUT2D eigenvalue weighted by atomic mass is 9.87. The Morgan fingerprint density at radius 2 is 1.81 bits per heavy atom. The van der Waals surface area contributed by atoms with Crippen molar-refractivity contribution in [2.45, 2.75) is 42.2 Å². The molecule has 0 bridgehead atoms. The maximum absolute atomic E-state index is 9.27. The van der Waals surface area contributed by atoms with Gasteiger partial charge in [-0.2, -0.15) is 5.26 Å². The molecule has 2 rings (SSSR count). The van der Waals surface area contributed by atoms with Gasteiger partial charge in [-0.15, -0.1) is 11.8 Å². The van der Waals surface area contributed by atoms with Crippen molar-refractivity contribution in [3.8, 4) is 6.07 Å². The summed E-state index contributed by atoms with van der Waals surface area (Å²) >= 11 is 1.73. The zero-order chi connectivity index (χ0) is 11.2. The standard InChI is InChI=1S/C14H17NS/c15-11-14(12-7-3-1-4-8-12)16-13-9-5-2-6-10-13/h2,5-6,9-10,12,14H,1,3-4,7-8H2. The van der Waals surface area contributed by atoms with Crippen molar-refractivity contribution in [3.63, 3.8) is 0 Å². The van der Waals surface area contributed by atoms with Gasteiger partial charge in [-0.1, -0.05) is 37.5 Å². The van der Waals surface area contributed by atoms with Crippen molar-refractivity contribution in [3.05, 3.63) is 30.3 Å². The molecule has 1 fully saturated rings. The van der Waals surface area contributed by atoms with Crippen LogP contribution in [0.1, 0.15) is 32.1 Å². The summed E-state index contributed by atoms with van der Waals surface area (Å²) in [5, 5.41) is 9.41. The third-order valence-electron chi connectivity index (χ3n) is 3.21. The van der Waals surface area contributed by atoms with Crippen molar-refractivity contribution >= 4 is 11.8 Å². The molecule has 2 heteroatoms. The Morgan fingerprint density at radius 3 is 2.44 bits per heavy atom. The third-order valence-corrected chi connectivity index (χ3v) is 4.50. The normalized spacial score (nSPS) is 18.9. The summed E-state index contributed by atoms with van der Waals surface area (Å²) in [5.74, 6) is 0.601. The van der Waals surface area contributed by atoms with Crippen LogP contribution in [0.4, 0.5) is 0 Å². The second-order valence-corrected chi connectivity index (χ2v) is 5.59. The zero-order valence-electron chi connectivity index (χ0n) is 9.43. The maximum Gasteiger partial charge on any atom is 0.0991 e. The fourth-order valence-corrected chi connectivity index (χ4v) is 3.44. The first-order chi connectivity index (χ1) is 7.90. The number of nitriles is 1. The fraction of sp³-hybridized carbons (Fsp3) is 0.500. The lowest BCUT2D eigenvalue weighted by Crippen LogP contribution is -2.18. The van der Waals surface area contributed by atoms with Crippen molar-refractivity contribution in [1.82, 2.24) is 0 Å². The first-order valence-corrected chi connectivity index (χ1v) is 6.89. The molecule has 0 aliphatic heterocycles. The molecule has 0 N–H and O–H groups in total. The van der Waals surface area contributed by atoms with Gasteiger partial charge in [0, 0.05) is 4.90 Å². The molecule has 0 heterocycles. The Labute approximate surface area is 102 Å². The van der Waals surface area contributed by atoms with Gasteiger partial charge in [0.15, 0.2) is 0 Å². The van der Waals surface area contributed by atoms with E-state index in [2.05, 4.69) is 18.2 Å². The van der Waals surface area contributed by atoms with Gasteiger partial charge in [0.25, 0.3) is 0 Å². The van der Waals surface area contributed by atoms with E-state index in [-0.39, 0.29) is 5.25 Å². The van der Waals surface area contributed by atoms with Crippen LogP contribution in [0.15, 0.2) is 35.2 Å². The highest BCUT2D eigenvalue weighted by Gasteiger charge is 2.24. The lowest BCUT2D eigenvalue weighted by Gasteiger charge is -2.25. The van der Waals surface area contributed by atoms with Crippen LogP contribution in [0.2, 0.25) is 0 Å². The van der Waals surface area contributed by atoms with Crippen LogP contribution in [0, 0.1) is 17.2 Å². The molecule has 1 unspecified atom stereocenters. The number of thioether (sulfide) groups is 1. The Kier molecular flexibility index (Phi) is 4.30. The molecule has 1 aliphatic rings. The fourth-order valence-electron chi connectivity index (χ4n) is 2.31. The molecule has 1 nitrogen and oxygen atoms in total. The highest BCUT2D eigenvalue weighted by molar-refractivity contribution is 8.00. The Bertz CT molecular complexity index is 349. The van der Waals surface area contributed by atoms with Crippen LogP contribution in [0.5, 0.6) is 0 Å². The van der Waals surface area contributed by atoms with Crippen LogP contribution in [0.3, 0.4) is 0 Å². The van der Waals surface area contributed by atoms with Crippen molar-refractivity contribution in [2.24, 2.45) is 5.92 Å². The quantitative estimate of drug-likeness (QED) is 0.726. The summed E-state index contributed by atoms with van der Waals surface area (Å²) < 4.78 is 0. The summed E-state index contributed by atoms with van der Waals surface area (Å²) in [6, 6.07) is 12.8. The molecule has 1 aliphatic carbocycles. The molecule has 0 spiro atoms. The minimum atomic E-state index is 0.141. The number of benzene rings is 1. The van der Waals surface area contributed by atoms with Crippen LogP contribution < -0.4 is 0 Å². The van der Waals surface area contributed by atoms with E-state index in [1.807, 2.05) is 18.2 Å². The number of rotatable bonds is 3. The molecule has 16 heavy (non-hydrogen) atoms. The topological polar surface area (TPSA) is 23.8 Å². The van der Waals surface area contributed by atoms with E-state index in [9.17, 15) is 5.26 Å². The maximum atomic E-state index is 9.27. The van der Waals surface area contributed by atoms with E-state index in [1.54, 1.807) is 11.8 Å². The van der Waals surface area contributed by atoms with E-state index in [4.69, 9.17) is 0 Å². The smallest absolute Gasteiger partial charge is 0.0991 e. The van der Waals surface area contributed by atoms with Gasteiger partial charge in [0.2, 0.25) is 0 Å². The second-order valence-electron chi connectivity index (χ2n) is 4.38. The monoisotopic (exact) mass is 231 g/mol. The van der Waals surface area contributed by atoms with Crippen molar-refractivity contribution in [2.75, 3.05) is 0 Å². The van der Waals surface area contributed by atoms with E-state index in [0.717, 1.165) is 0 Å². The van der Waals surface area contributed by atoms with Gasteiger partial charge >= 0.3 is 0 Å². The Hall–Kier alpha value is -0.940. The van der Waals surface area contributed by atoms with Gasteiger partial charge < -0.3 is 0 Å². The molecule has 0 radical (unpaired) electrons. The summed E-state index contributed by atoms with van der Waals surface area (Å²) in [7, 11) is 0. The number of nitrogens with zero attached hydrogens (tertiary/aromatic N) is 1. The summed E-state index contributed by atoms with van der Waals surface area (Å²) in [4.78, 5) is 1.22. The Balaban J connectivity index is 1.98. The van der Waals surface area contributed by atoms with Crippen molar-refractivity contribution < 1.29 is 0 Å². The van der Waals surface area contributed by atoms with Gasteiger partial charge in [0.1, 0.15) is 0 Å². The molecule has 1 aromatic rings. The lowest BCUT2D eigenvalue weighted by molar-refractivity contribution is 0.370. The van der Waals surface area contributed by atoms with Gasteiger partial charge in [-0.3, -0.25) is 0 Å². The second kappa shape index (κ2) is 5.96. The average Bonchev–Trinajstić information content (AvgIpc) is 2.38. The predicted octanol–water partition coefficient (Wildman–Crippen LogP) is 4.25. The Morgan fingerprint density at radius 1 is 1.12 bits per heavy atom. The first kappa shape index (κ1) is 11.5. The van der Waals surface area contributed by atoms with Gasteiger partial charge in [-0.25, -0.2) is 0 Å². The largest absolute Gasteiger partial charge is 0.197 e. The molecule has 1 atom stereocenters. The van der Waals surface area contributed by atoms with Crippen molar-refractivity contribution in [1.29, 1.82) is 5.26 Å². The molecule has 1 saturated carbocycles. The molecule has 0 amide bonds. The summed E-state index contributed by atoms with van der Waals surface area (Å²) in [6.07, 6.45) is 6.43. The van der Waals surface area contributed by atoms with Gasteiger partial charge in [-0.05, 0) is 30.9 Å². The number of hydrogen-bond donors (Lipinski definition) is 0. The molecule has 0 aromatic heterocycles. The van der Waals surface area contributed by atoms with Crippen LogP contribution in [-0.2, 0) is 0 Å². The average molecular weight is 231 g/mol. The highest BCUT2D eigenvalue weighted by atomic mass is 32.2. The number of hydrogen-bond acceptors (Lipinski definition) is 2. The predicted molar refractivity (Wildman–Crippen MR) is 68.3 cm³/mol. The molecule has 84 valence electrons. The summed E-state index contributed by atoms with van der Waals surface area (Å²) in [6.45, 7) is 0. The van der Waals surface area contributed by atoms with Gasteiger partial charge in [0.05, 0.1) is 11.3 Å². The van der Waals surface area contributed by atoms with E-state index >= 15 is 0 Å². The van der Waals surface area contributed by atoms with E-state index in [1.165, 1.54) is 37.0 Å². The molecular formula is C14H17NS. The first-order valence-electron chi connectivity index (χ1n) is 6.01. The zero-order valence-corrected chi connectivity index (χ0v) is 10.2. The molecule has 0 saturated heterocycles. The minimum absolute atomic E-state index is 0.141. The van der Waals surface area contributed by atoms with Crippen LogP contribution in [0.25, 0.3) is 0 Å². The molecule has 1 aromatic carbocycles.